The Labute approximate surface area is 170 Å². The molecule has 0 bridgehead atoms. The third-order valence-electron chi connectivity index (χ3n) is 4.36. The fourth-order valence-electron chi connectivity index (χ4n) is 2.58. The van der Waals surface area contributed by atoms with Gasteiger partial charge in [-0.2, -0.15) is 0 Å². The quantitative estimate of drug-likeness (QED) is 0.628. The van der Waals surface area contributed by atoms with Gasteiger partial charge < -0.3 is 20.1 Å². The van der Waals surface area contributed by atoms with Crippen LogP contribution in [0.3, 0.4) is 0 Å². The van der Waals surface area contributed by atoms with E-state index in [1.165, 1.54) is 22.6 Å². The van der Waals surface area contributed by atoms with E-state index in [9.17, 15) is 19.5 Å². The van der Waals surface area contributed by atoms with E-state index in [1.54, 1.807) is 19.2 Å². The summed E-state index contributed by atoms with van der Waals surface area (Å²) in [7, 11) is 1.64. The number of aryl methyl sites for hydroxylation is 1. The van der Waals surface area contributed by atoms with Crippen molar-refractivity contribution in [2.24, 2.45) is 0 Å². The van der Waals surface area contributed by atoms with E-state index < -0.39 is 5.97 Å². The van der Waals surface area contributed by atoms with Gasteiger partial charge in [0.05, 0.1) is 6.42 Å². The summed E-state index contributed by atoms with van der Waals surface area (Å²) in [6.45, 7) is 1.81. The molecule has 2 rings (SSSR count). The van der Waals surface area contributed by atoms with Crippen LogP contribution in [0.1, 0.15) is 23.6 Å². The third-order valence-corrected chi connectivity index (χ3v) is 4.36. The number of phenols is 1. The number of hydrogen-bond acceptors (Lipinski definition) is 5. The molecule has 154 valence electrons. The largest absolute Gasteiger partial charge is 0.508 e. The number of ether oxygens (including phenoxy) is 1. The Bertz CT molecular complexity index is 831. The van der Waals surface area contributed by atoms with Gasteiger partial charge in [-0.15, -0.1) is 0 Å². The third kappa shape index (κ3) is 7.65. The standard InChI is InChI=1S/C22H26N2O5/c1-3-16-4-6-18(7-5-16)14-24(2)21(27)15-29-22(28)13-23-20(26)12-17-8-10-19(25)11-9-17/h4-11,25H,3,12-15H2,1-2H3,(H,23,26). The summed E-state index contributed by atoms with van der Waals surface area (Å²) in [5.41, 5.74) is 2.92. The number of rotatable bonds is 9. The number of esters is 1. The molecule has 7 nitrogen and oxygen atoms in total. The molecule has 2 amide bonds. The van der Waals surface area contributed by atoms with E-state index in [1.807, 2.05) is 24.3 Å². The Morgan fingerprint density at radius 1 is 0.966 bits per heavy atom. The minimum absolute atomic E-state index is 0.0754. The minimum Gasteiger partial charge on any atom is -0.508 e. The average Bonchev–Trinajstić information content (AvgIpc) is 2.72. The fourth-order valence-corrected chi connectivity index (χ4v) is 2.58. The normalized spacial score (nSPS) is 10.3. The molecule has 0 aromatic heterocycles. The van der Waals surface area contributed by atoms with Crippen LogP contribution in [0.4, 0.5) is 0 Å². The van der Waals surface area contributed by atoms with E-state index in [0.717, 1.165) is 12.0 Å². The van der Waals surface area contributed by atoms with Gasteiger partial charge in [0.2, 0.25) is 5.91 Å². The van der Waals surface area contributed by atoms with Crippen LogP contribution >= 0.6 is 0 Å². The number of nitrogens with one attached hydrogen (secondary N) is 1. The lowest BCUT2D eigenvalue weighted by Crippen LogP contribution is -2.35. The van der Waals surface area contributed by atoms with Gasteiger partial charge in [0.15, 0.2) is 6.61 Å². The van der Waals surface area contributed by atoms with Crippen molar-refractivity contribution in [2.75, 3.05) is 20.2 Å². The van der Waals surface area contributed by atoms with Crippen LogP contribution in [0.5, 0.6) is 5.75 Å². The number of nitrogens with zero attached hydrogens (tertiary/aromatic N) is 1. The topological polar surface area (TPSA) is 95.9 Å². The zero-order valence-corrected chi connectivity index (χ0v) is 16.7. The predicted molar refractivity (Wildman–Crippen MR) is 108 cm³/mol. The van der Waals surface area contributed by atoms with Crippen molar-refractivity contribution in [3.8, 4) is 5.75 Å². The van der Waals surface area contributed by atoms with Gasteiger partial charge in [0.1, 0.15) is 12.3 Å². The molecule has 7 heteroatoms. The number of amides is 2. The number of aromatic hydroxyl groups is 1. The molecule has 0 unspecified atom stereocenters. The monoisotopic (exact) mass is 398 g/mol. The van der Waals surface area contributed by atoms with Gasteiger partial charge in [-0.3, -0.25) is 14.4 Å². The van der Waals surface area contributed by atoms with Crippen LogP contribution < -0.4 is 5.32 Å². The second kappa shape index (κ2) is 10.8. The smallest absolute Gasteiger partial charge is 0.325 e. The van der Waals surface area contributed by atoms with Crippen LogP contribution in [0.25, 0.3) is 0 Å². The minimum atomic E-state index is -0.682. The number of carbonyl (C=O) groups is 3. The van der Waals surface area contributed by atoms with Crippen LogP contribution in [-0.2, 0) is 38.5 Å². The fraction of sp³-hybridized carbons (Fsp3) is 0.318. The second-order valence-electron chi connectivity index (χ2n) is 6.70. The van der Waals surface area contributed by atoms with Crippen LogP contribution in [0, 0.1) is 0 Å². The zero-order valence-electron chi connectivity index (χ0n) is 16.7. The summed E-state index contributed by atoms with van der Waals surface area (Å²) < 4.78 is 4.94. The van der Waals surface area contributed by atoms with Crippen molar-refractivity contribution in [2.45, 2.75) is 26.3 Å². The number of hydrogen-bond donors (Lipinski definition) is 2. The first-order valence-electron chi connectivity index (χ1n) is 9.39. The van der Waals surface area contributed by atoms with Crippen molar-refractivity contribution < 1.29 is 24.2 Å². The molecule has 2 aromatic rings. The lowest BCUT2D eigenvalue weighted by atomic mass is 10.1. The summed E-state index contributed by atoms with van der Waals surface area (Å²) in [5.74, 6) is -1.25. The second-order valence-corrected chi connectivity index (χ2v) is 6.70. The maximum absolute atomic E-state index is 12.1. The summed E-state index contributed by atoms with van der Waals surface area (Å²) in [6, 6.07) is 14.2. The molecule has 0 heterocycles. The van der Waals surface area contributed by atoms with Crippen molar-refractivity contribution in [1.82, 2.24) is 10.2 Å². The lowest BCUT2D eigenvalue weighted by molar-refractivity contribution is -0.151. The highest BCUT2D eigenvalue weighted by molar-refractivity contribution is 5.85. The molecule has 0 atom stereocenters. The highest BCUT2D eigenvalue weighted by Gasteiger charge is 2.13. The van der Waals surface area contributed by atoms with Gasteiger partial charge >= 0.3 is 5.97 Å². The molecule has 0 spiro atoms. The summed E-state index contributed by atoms with van der Waals surface area (Å²) in [4.78, 5) is 37.2. The number of benzene rings is 2. The molecule has 0 saturated carbocycles. The summed E-state index contributed by atoms with van der Waals surface area (Å²) >= 11 is 0. The number of carbonyl (C=O) groups excluding carboxylic acids is 3. The van der Waals surface area contributed by atoms with Gasteiger partial charge in [0, 0.05) is 13.6 Å². The molecular weight excluding hydrogens is 372 g/mol. The van der Waals surface area contributed by atoms with E-state index in [-0.39, 0.29) is 37.1 Å². The maximum atomic E-state index is 12.1. The molecule has 29 heavy (non-hydrogen) atoms. The highest BCUT2D eigenvalue weighted by atomic mass is 16.5. The van der Waals surface area contributed by atoms with Gasteiger partial charge in [-0.25, -0.2) is 0 Å². The lowest BCUT2D eigenvalue weighted by Gasteiger charge is -2.17. The van der Waals surface area contributed by atoms with Crippen LogP contribution in [-0.4, -0.2) is 48.0 Å². The predicted octanol–water partition coefficient (Wildman–Crippen LogP) is 1.82. The summed E-state index contributed by atoms with van der Waals surface area (Å²) in [6.07, 6.45) is 1.03. The molecule has 0 saturated heterocycles. The highest BCUT2D eigenvalue weighted by Crippen LogP contribution is 2.10. The Kier molecular flexibility index (Phi) is 8.21. The van der Waals surface area contributed by atoms with E-state index >= 15 is 0 Å². The number of likely N-dealkylation sites (N-methyl/N-ethyl adjacent to an activating group) is 1. The van der Waals surface area contributed by atoms with Crippen molar-refractivity contribution >= 4 is 17.8 Å². The number of phenolic OH excluding ortho intramolecular Hbond substituents is 1. The van der Waals surface area contributed by atoms with E-state index in [2.05, 4.69) is 12.2 Å². The maximum Gasteiger partial charge on any atom is 0.325 e. The average molecular weight is 398 g/mol. The molecule has 0 aliphatic carbocycles. The van der Waals surface area contributed by atoms with Crippen molar-refractivity contribution in [3.05, 3.63) is 65.2 Å². The van der Waals surface area contributed by atoms with Crippen LogP contribution in [0.2, 0.25) is 0 Å². The molecule has 2 N–H and O–H groups in total. The van der Waals surface area contributed by atoms with Gasteiger partial charge in [0.25, 0.3) is 5.91 Å². The first-order chi connectivity index (χ1) is 13.9. The molecular formula is C22H26N2O5. The van der Waals surface area contributed by atoms with Crippen LogP contribution in [0.15, 0.2) is 48.5 Å². The zero-order chi connectivity index (χ0) is 21.2. The van der Waals surface area contributed by atoms with Crippen molar-refractivity contribution in [1.29, 1.82) is 0 Å². The first kappa shape index (κ1) is 21.9. The Morgan fingerprint density at radius 2 is 1.55 bits per heavy atom. The SMILES string of the molecule is CCc1ccc(CN(C)C(=O)COC(=O)CNC(=O)Cc2ccc(O)cc2)cc1. The Hall–Kier alpha value is -3.35. The molecule has 0 fully saturated rings. The Balaban J connectivity index is 1.68. The van der Waals surface area contributed by atoms with Gasteiger partial charge in [-0.1, -0.05) is 43.3 Å². The molecule has 2 aromatic carbocycles. The first-order valence-corrected chi connectivity index (χ1v) is 9.39. The molecule has 0 aliphatic heterocycles. The van der Waals surface area contributed by atoms with E-state index in [4.69, 9.17) is 4.74 Å². The molecule has 0 radical (unpaired) electrons. The van der Waals surface area contributed by atoms with Gasteiger partial charge in [-0.05, 0) is 35.2 Å². The Morgan fingerprint density at radius 3 is 2.17 bits per heavy atom. The molecule has 0 aliphatic rings. The van der Waals surface area contributed by atoms with Crippen molar-refractivity contribution in [3.63, 3.8) is 0 Å². The van der Waals surface area contributed by atoms with E-state index in [0.29, 0.717) is 12.1 Å². The summed E-state index contributed by atoms with van der Waals surface area (Å²) in [5, 5.41) is 11.7.